The maximum absolute atomic E-state index is 13.0. The molecular formula is C66H128O17P2. The van der Waals surface area contributed by atoms with E-state index in [1.54, 1.807) is 0 Å². The van der Waals surface area contributed by atoms with Crippen LogP contribution in [0.2, 0.25) is 0 Å². The van der Waals surface area contributed by atoms with Crippen LogP contribution >= 0.6 is 15.6 Å². The molecule has 0 radical (unpaired) electrons. The highest BCUT2D eigenvalue weighted by molar-refractivity contribution is 7.47. The third-order valence-electron chi connectivity index (χ3n) is 15.2. The fourth-order valence-electron chi connectivity index (χ4n) is 9.88. The number of phosphoric ester groups is 2. The molecule has 0 aromatic carbocycles. The molecule has 2 unspecified atom stereocenters. The highest BCUT2D eigenvalue weighted by atomic mass is 31.2. The summed E-state index contributed by atoms with van der Waals surface area (Å²) in [6, 6.07) is 0. The van der Waals surface area contributed by atoms with E-state index in [-0.39, 0.29) is 25.7 Å². The van der Waals surface area contributed by atoms with Crippen LogP contribution in [0.25, 0.3) is 0 Å². The standard InChI is InChI=1S/C66H128O17P2/c1-7-9-11-13-14-15-19-27-32-38-44-50-65(70)82-61(54-76-63(68)48-42-34-12-10-8-2)56-80-84(72,73)78-52-60(67)53-79-85(74,75)81-57-62(55-77-64(69)49-43-37-31-26-23-22-25-30-36-41-47-59(5)6)83-66(71)51-45-39-33-28-21-18-16-17-20-24-29-35-40-46-58(3)4/h58-62,67H,7-57H2,1-6H3,(H,72,73)(H,74,75)/t60-,61+,62+/m0/s1. The molecule has 0 aliphatic carbocycles. The van der Waals surface area contributed by atoms with Gasteiger partial charge in [-0.05, 0) is 37.5 Å². The van der Waals surface area contributed by atoms with Crippen LogP contribution < -0.4 is 0 Å². The molecule has 0 rings (SSSR count). The summed E-state index contributed by atoms with van der Waals surface area (Å²) in [4.78, 5) is 72.1. The van der Waals surface area contributed by atoms with E-state index in [1.807, 2.05) is 0 Å². The van der Waals surface area contributed by atoms with Crippen LogP contribution in [0.5, 0.6) is 0 Å². The van der Waals surface area contributed by atoms with Gasteiger partial charge in [-0.15, -0.1) is 0 Å². The number of ether oxygens (including phenoxy) is 4. The number of aliphatic hydroxyl groups excluding tert-OH is 1. The maximum atomic E-state index is 13.0. The van der Waals surface area contributed by atoms with Crippen LogP contribution in [-0.2, 0) is 65.4 Å². The fourth-order valence-corrected chi connectivity index (χ4v) is 11.5. The van der Waals surface area contributed by atoms with E-state index in [9.17, 15) is 43.2 Å². The molecule has 0 bridgehead atoms. The third-order valence-corrected chi connectivity index (χ3v) is 17.1. The zero-order valence-electron chi connectivity index (χ0n) is 54.9. The second-order valence-corrected chi connectivity index (χ2v) is 27.7. The topological polar surface area (TPSA) is 237 Å². The number of hydrogen-bond donors (Lipinski definition) is 3. The molecule has 0 spiro atoms. The molecular weight excluding hydrogens is 1130 g/mol. The van der Waals surface area contributed by atoms with Crippen LogP contribution in [0.3, 0.4) is 0 Å². The first-order chi connectivity index (χ1) is 40.9. The number of esters is 4. The number of phosphoric acid groups is 2. The Morgan fingerprint density at radius 2 is 0.541 bits per heavy atom. The summed E-state index contributed by atoms with van der Waals surface area (Å²) in [5, 5.41) is 10.5. The highest BCUT2D eigenvalue weighted by Gasteiger charge is 2.30. The van der Waals surface area contributed by atoms with Crippen LogP contribution in [0.15, 0.2) is 0 Å². The van der Waals surface area contributed by atoms with Crippen molar-refractivity contribution in [2.24, 2.45) is 11.8 Å². The predicted molar refractivity (Wildman–Crippen MR) is 340 cm³/mol. The summed E-state index contributed by atoms with van der Waals surface area (Å²) >= 11 is 0. The normalized spacial score (nSPS) is 14.2. The Labute approximate surface area is 517 Å². The van der Waals surface area contributed by atoms with Gasteiger partial charge >= 0.3 is 39.5 Å². The predicted octanol–water partition coefficient (Wildman–Crippen LogP) is 18.4. The molecule has 85 heavy (non-hydrogen) atoms. The van der Waals surface area contributed by atoms with Gasteiger partial charge in [0.25, 0.3) is 0 Å². The third kappa shape index (κ3) is 60.7. The Kier molecular flexibility index (Phi) is 57.1. The summed E-state index contributed by atoms with van der Waals surface area (Å²) in [5.74, 6) is -0.595. The van der Waals surface area contributed by atoms with Crippen molar-refractivity contribution in [2.45, 2.75) is 349 Å². The number of rotatable bonds is 65. The van der Waals surface area contributed by atoms with E-state index >= 15 is 0 Å². The van der Waals surface area contributed by atoms with Crippen molar-refractivity contribution in [3.05, 3.63) is 0 Å². The van der Waals surface area contributed by atoms with Gasteiger partial charge < -0.3 is 33.8 Å². The average molecular weight is 1260 g/mol. The molecule has 0 heterocycles. The van der Waals surface area contributed by atoms with Crippen LogP contribution in [0, 0.1) is 11.8 Å². The minimum atomic E-state index is -4.95. The van der Waals surface area contributed by atoms with Gasteiger partial charge in [0.15, 0.2) is 12.2 Å². The SMILES string of the molecule is CCCCCCCCCCCCCC(=O)O[C@H](COC(=O)CCCCCCC)COP(=O)(O)OC[C@H](O)COP(=O)(O)OC[C@@H](COC(=O)CCCCCCCCCCCCC(C)C)OC(=O)CCCCCCCCCCCCCCCC(C)C. The van der Waals surface area contributed by atoms with Gasteiger partial charge in [-0.3, -0.25) is 37.3 Å². The lowest BCUT2D eigenvalue weighted by Gasteiger charge is -2.21. The van der Waals surface area contributed by atoms with Gasteiger partial charge in [-0.2, -0.15) is 0 Å². The number of unbranched alkanes of at least 4 members (excludes halogenated alkanes) is 35. The lowest BCUT2D eigenvalue weighted by atomic mass is 10.0. The van der Waals surface area contributed by atoms with Crippen LogP contribution in [0.4, 0.5) is 0 Å². The van der Waals surface area contributed by atoms with Gasteiger partial charge in [0.1, 0.15) is 19.3 Å². The monoisotopic (exact) mass is 1250 g/mol. The van der Waals surface area contributed by atoms with E-state index in [4.69, 9.17) is 37.0 Å². The van der Waals surface area contributed by atoms with Crippen molar-refractivity contribution in [1.29, 1.82) is 0 Å². The largest absolute Gasteiger partial charge is 0.472 e. The summed E-state index contributed by atoms with van der Waals surface area (Å²) in [7, 11) is -9.88. The number of aliphatic hydroxyl groups is 1. The van der Waals surface area contributed by atoms with E-state index in [0.717, 1.165) is 108 Å². The lowest BCUT2D eigenvalue weighted by molar-refractivity contribution is -0.161. The van der Waals surface area contributed by atoms with Gasteiger partial charge in [0.05, 0.1) is 26.4 Å². The molecule has 0 aliphatic heterocycles. The number of carbonyl (C=O) groups is 4. The molecule has 5 atom stereocenters. The summed E-state index contributed by atoms with van der Waals surface area (Å²) in [6.45, 7) is 9.44. The molecule has 0 aliphatic rings. The van der Waals surface area contributed by atoms with E-state index < -0.39 is 97.5 Å². The Bertz CT molecular complexity index is 1670. The minimum Gasteiger partial charge on any atom is -0.462 e. The Hall–Kier alpha value is -1.94. The van der Waals surface area contributed by atoms with Crippen LogP contribution in [0.1, 0.15) is 330 Å². The maximum Gasteiger partial charge on any atom is 0.472 e. The first-order valence-electron chi connectivity index (χ1n) is 34.5. The summed E-state index contributed by atoms with van der Waals surface area (Å²) < 4.78 is 67.9. The molecule has 17 nitrogen and oxygen atoms in total. The van der Waals surface area contributed by atoms with Gasteiger partial charge in [0, 0.05) is 25.7 Å². The number of carbonyl (C=O) groups excluding carboxylic acids is 4. The smallest absolute Gasteiger partial charge is 0.462 e. The summed E-state index contributed by atoms with van der Waals surface area (Å²) in [6.07, 6.45) is 42.0. The van der Waals surface area contributed by atoms with Crippen molar-refractivity contribution in [1.82, 2.24) is 0 Å². The van der Waals surface area contributed by atoms with Crippen LogP contribution in [-0.4, -0.2) is 96.7 Å². The average Bonchev–Trinajstić information content (AvgIpc) is 3.64. The van der Waals surface area contributed by atoms with E-state index in [0.29, 0.717) is 25.7 Å². The lowest BCUT2D eigenvalue weighted by Crippen LogP contribution is -2.30. The minimum absolute atomic E-state index is 0.106. The van der Waals surface area contributed by atoms with Gasteiger partial charge in [-0.1, -0.05) is 279 Å². The fraction of sp³-hybridized carbons (Fsp3) is 0.939. The Morgan fingerprint density at radius 3 is 0.800 bits per heavy atom. The van der Waals surface area contributed by atoms with Crippen molar-refractivity contribution in [3.63, 3.8) is 0 Å². The van der Waals surface area contributed by atoms with Crippen molar-refractivity contribution in [3.8, 4) is 0 Å². The molecule has 0 saturated carbocycles. The first kappa shape index (κ1) is 83.1. The molecule has 0 aromatic heterocycles. The quantitative estimate of drug-likeness (QED) is 0.0222. The van der Waals surface area contributed by atoms with Crippen molar-refractivity contribution < 1.29 is 80.2 Å². The van der Waals surface area contributed by atoms with E-state index in [2.05, 4.69) is 41.5 Å². The second-order valence-electron chi connectivity index (χ2n) is 24.8. The summed E-state index contributed by atoms with van der Waals surface area (Å²) in [5.41, 5.74) is 0. The van der Waals surface area contributed by atoms with Crippen molar-refractivity contribution in [2.75, 3.05) is 39.6 Å². The molecule has 19 heteroatoms. The van der Waals surface area contributed by atoms with Gasteiger partial charge in [-0.25, -0.2) is 9.13 Å². The Balaban J connectivity index is 5.17. The van der Waals surface area contributed by atoms with E-state index in [1.165, 1.54) is 141 Å². The molecule has 0 saturated heterocycles. The molecule has 0 amide bonds. The molecule has 504 valence electrons. The molecule has 0 fully saturated rings. The zero-order valence-corrected chi connectivity index (χ0v) is 56.7. The zero-order chi connectivity index (χ0) is 62.9. The van der Waals surface area contributed by atoms with Gasteiger partial charge in [0.2, 0.25) is 0 Å². The molecule has 0 aromatic rings. The van der Waals surface area contributed by atoms with Crippen molar-refractivity contribution >= 4 is 39.5 Å². The number of hydrogen-bond acceptors (Lipinski definition) is 15. The first-order valence-corrected chi connectivity index (χ1v) is 37.5. The Morgan fingerprint density at radius 1 is 0.318 bits per heavy atom. The second kappa shape index (κ2) is 58.4. The molecule has 3 N–H and O–H groups in total. The highest BCUT2D eigenvalue weighted by Crippen LogP contribution is 2.45.